The van der Waals surface area contributed by atoms with Gasteiger partial charge in [0, 0.05) is 23.0 Å². The van der Waals surface area contributed by atoms with Gasteiger partial charge in [-0.1, -0.05) is 29.8 Å². The van der Waals surface area contributed by atoms with Crippen LogP contribution >= 0.6 is 15.9 Å². The molecule has 1 fully saturated rings. The Balaban J connectivity index is 1.76. The van der Waals surface area contributed by atoms with Gasteiger partial charge in [-0.2, -0.15) is 8.78 Å². The van der Waals surface area contributed by atoms with Crippen LogP contribution in [0.2, 0.25) is 0 Å². The van der Waals surface area contributed by atoms with E-state index in [1.165, 1.54) is 12.1 Å². The van der Waals surface area contributed by atoms with E-state index in [1.807, 2.05) is 0 Å². The van der Waals surface area contributed by atoms with Crippen LogP contribution in [0.4, 0.5) is 27.6 Å². The molecule has 4 N–H and O–H groups in total. The number of hydrogen-bond acceptors (Lipinski definition) is 6. The van der Waals surface area contributed by atoms with E-state index in [-0.39, 0.29) is 43.5 Å². The maximum absolute atomic E-state index is 14.1. The van der Waals surface area contributed by atoms with Crippen LogP contribution in [0.25, 0.3) is 0 Å². The first-order valence-electron chi connectivity index (χ1n) is 13.3. The highest BCUT2D eigenvalue weighted by Crippen LogP contribution is 2.27. The predicted molar refractivity (Wildman–Crippen MR) is 149 cm³/mol. The maximum Gasteiger partial charge on any atom is 0.313 e. The second-order valence-corrected chi connectivity index (χ2v) is 11.3. The zero-order valence-corrected chi connectivity index (χ0v) is 25.0. The lowest BCUT2D eigenvalue weighted by atomic mass is 9.95. The van der Waals surface area contributed by atoms with Gasteiger partial charge >= 0.3 is 11.8 Å². The highest BCUT2D eigenvalue weighted by Gasteiger charge is 2.34. The summed E-state index contributed by atoms with van der Waals surface area (Å²) in [7, 11) is 0. The molecule has 0 radical (unpaired) electrons. The number of amides is 4. The van der Waals surface area contributed by atoms with Crippen molar-refractivity contribution in [1.29, 1.82) is 0 Å². The number of hydrogen-bond donors (Lipinski definition) is 4. The molecule has 0 bridgehead atoms. The first kappa shape index (κ1) is 34.4. The minimum atomic E-state index is -1.88. The van der Waals surface area contributed by atoms with E-state index in [0.717, 1.165) is 6.07 Å². The largest absolute Gasteiger partial charge is 0.479 e. The maximum atomic E-state index is 14.1. The molecule has 0 aliphatic carbocycles. The van der Waals surface area contributed by atoms with Crippen LogP contribution < -0.4 is 26.0 Å². The van der Waals surface area contributed by atoms with Gasteiger partial charge in [0.1, 0.15) is 18.5 Å². The molecule has 3 rings (SSSR count). The summed E-state index contributed by atoms with van der Waals surface area (Å²) in [4.78, 5) is 63.6. The zero-order valence-electron chi connectivity index (χ0n) is 23.4. The Bertz CT molecular complexity index is 1430. The van der Waals surface area contributed by atoms with Crippen molar-refractivity contribution >= 4 is 51.0 Å². The van der Waals surface area contributed by atoms with Gasteiger partial charge in [0.05, 0.1) is 11.7 Å². The molecule has 0 spiro atoms. The molecule has 0 unspecified atom stereocenters. The van der Waals surface area contributed by atoms with Gasteiger partial charge in [-0.25, -0.2) is 13.2 Å². The molecule has 1 aliphatic heterocycles. The predicted octanol–water partition coefficient (Wildman–Crippen LogP) is 3.27. The third-order valence-corrected chi connectivity index (χ3v) is 7.03. The van der Waals surface area contributed by atoms with E-state index in [1.54, 1.807) is 13.8 Å². The third-order valence-electron chi connectivity index (χ3n) is 6.53. The summed E-state index contributed by atoms with van der Waals surface area (Å²) in [5.41, 5.74) is -0.301. The summed E-state index contributed by atoms with van der Waals surface area (Å²) in [6, 6.07) is 0.726. The molecule has 238 valence electrons. The number of carbonyl (C=O) groups excluding carboxylic acids is 5. The van der Waals surface area contributed by atoms with E-state index < -0.39 is 88.9 Å². The van der Waals surface area contributed by atoms with Crippen molar-refractivity contribution in [3.8, 4) is 5.75 Å². The molecule has 3 atom stereocenters. The standard InChI is InChI=1S/C28H28BrF5N4O6/c1-12(2)7-20(38-28(43)27(42)36-18-4-3-14(29)9-15(18)30)26(41)37-19(8-13-5-6-35-25(13)40)21(39)11-44-24-22(33)16(31)10-17(32)23(24)34/h3-4,9-10,12-13,19-20H,5-8,11H2,1-2H3,(H,35,40)(H,36,42)(H,37,41)(H,38,43)/t13-,19-,20-/m0/s1. The summed E-state index contributed by atoms with van der Waals surface area (Å²) in [6.45, 7) is 2.53. The average Bonchev–Trinajstić information content (AvgIpc) is 3.36. The molecule has 4 amide bonds. The number of nitrogens with one attached hydrogen (secondary N) is 4. The van der Waals surface area contributed by atoms with Gasteiger partial charge in [-0.05, 0) is 43.4 Å². The van der Waals surface area contributed by atoms with Crippen molar-refractivity contribution < 1.29 is 50.7 Å². The molecule has 2 aromatic rings. The lowest BCUT2D eigenvalue weighted by Crippen LogP contribution is -2.54. The van der Waals surface area contributed by atoms with Crippen LogP contribution in [-0.4, -0.2) is 54.6 Å². The topological polar surface area (TPSA) is 143 Å². The van der Waals surface area contributed by atoms with Crippen molar-refractivity contribution in [2.24, 2.45) is 11.8 Å². The summed E-state index contributed by atoms with van der Waals surface area (Å²) < 4.78 is 74.5. The molecule has 44 heavy (non-hydrogen) atoms. The molecule has 10 nitrogen and oxygen atoms in total. The smallest absolute Gasteiger partial charge is 0.313 e. The van der Waals surface area contributed by atoms with Gasteiger partial charge in [-0.3, -0.25) is 24.0 Å². The quantitative estimate of drug-likeness (QED) is 0.153. The van der Waals surface area contributed by atoms with Crippen LogP contribution in [0, 0.1) is 40.9 Å². The summed E-state index contributed by atoms with van der Waals surface area (Å²) in [5.74, 6) is -15.6. The second kappa shape index (κ2) is 15.1. The molecular formula is C28H28BrF5N4O6. The van der Waals surface area contributed by atoms with Crippen LogP contribution in [-0.2, 0) is 24.0 Å². The molecule has 2 aromatic carbocycles. The third kappa shape index (κ3) is 8.97. The fourth-order valence-electron chi connectivity index (χ4n) is 4.32. The number of rotatable bonds is 12. The number of anilines is 1. The molecular weight excluding hydrogens is 663 g/mol. The number of benzene rings is 2. The molecule has 0 saturated carbocycles. The van der Waals surface area contributed by atoms with Crippen molar-refractivity contribution in [2.75, 3.05) is 18.5 Å². The number of ketones is 1. The lowest BCUT2D eigenvalue weighted by molar-refractivity contribution is -0.138. The molecule has 16 heteroatoms. The first-order valence-corrected chi connectivity index (χ1v) is 14.1. The summed E-state index contributed by atoms with van der Waals surface area (Å²) in [5, 5.41) is 9.25. The zero-order chi connectivity index (χ0) is 32.7. The van der Waals surface area contributed by atoms with Gasteiger partial charge in [0.15, 0.2) is 23.2 Å². The average molecular weight is 691 g/mol. The van der Waals surface area contributed by atoms with Crippen molar-refractivity contribution in [3.05, 3.63) is 57.8 Å². The highest BCUT2D eigenvalue weighted by molar-refractivity contribution is 9.10. The fourth-order valence-corrected chi connectivity index (χ4v) is 4.65. The van der Waals surface area contributed by atoms with Crippen LogP contribution in [0.5, 0.6) is 5.75 Å². The van der Waals surface area contributed by atoms with E-state index in [0.29, 0.717) is 4.47 Å². The van der Waals surface area contributed by atoms with E-state index >= 15 is 0 Å². The van der Waals surface area contributed by atoms with Crippen LogP contribution in [0.15, 0.2) is 28.7 Å². The summed E-state index contributed by atoms with van der Waals surface area (Å²) >= 11 is 3.06. The molecule has 1 saturated heterocycles. The Labute approximate surface area is 256 Å². The van der Waals surface area contributed by atoms with Crippen LogP contribution in [0.1, 0.15) is 33.1 Å². The highest BCUT2D eigenvalue weighted by atomic mass is 79.9. The Morgan fingerprint density at radius 2 is 1.61 bits per heavy atom. The number of carbonyl (C=O) groups is 5. The van der Waals surface area contributed by atoms with Gasteiger partial charge in [0.25, 0.3) is 0 Å². The van der Waals surface area contributed by atoms with E-state index in [4.69, 9.17) is 4.74 Å². The minimum absolute atomic E-state index is 0.0299. The molecule has 1 heterocycles. The number of halogens is 6. The van der Waals surface area contributed by atoms with E-state index in [9.17, 15) is 45.9 Å². The van der Waals surface area contributed by atoms with Crippen molar-refractivity contribution in [2.45, 2.75) is 45.2 Å². The first-order chi connectivity index (χ1) is 20.7. The Kier molecular flexibility index (Phi) is 11.8. The SMILES string of the molecule is CC(C)C[C@H](NC(=O)C(=O)Nc1ccc(Br)cc1F)C(=O)N[C@@H](C[C@@H]1CCNC1=O)C(=O)COc1c(F)c(F)cc(F)c1F. The monoisotopic (exact) mass is 690 g/mol. The summed E-state index contributed by atoms with van der Waals surface area (Å²) in [6.07, 6.45) is -0.0254. The molecule has 1 aliphatic rings. The Hall–Kier alpha value is -4.08. The fraction of sp³-hybridized carbons (Fsp3) is 0.393. The van der Waals surface area contributed by atoms with Crippen LogP contribution in [0.3, 0.4) is 0 Å². The molecule has 0 aromatic heterocycles. The van der Waals surface area contributed by atoms with E-state index in [2.05, 4.69) is 37.2 Å². The van der Waals surface area contributed by atoms with Gasteiger partial charge in [-0.15, -0.1) is 0 Å². The lowest BCUT2D eigenvalue weighted by Gasteiger charge is -2.25. The normalized spacial score (nSPS) is 15.8. The van der Waals surface area contributed by atoms with Crippen molar-refractivity contribution in [3.63, 3.8) is 0 Å². The number of Topliss-reactive ketones (excluding diaryl/α,β-unsaturated/α-hetero) is 1. The van der Waals surface area contributed by atoms with Gasteiger partial charge < -0.3 is 26.0 Å². The Morgan fingerprint density at radius 1 is 0.955 bits per heavy atom. The Morgan fingerprint density at radius 3 is 2.18 bits per heavy atom. The number of ether oxygens (including phenoxy) is 1. The second-order valence-electron chi connectivity index (χ2n) is 10.4. The minimum Gasteiger partial charge on any atom is -0.479 e. The van der Waals surface area contributed by atoms with Crippen molar-refractivity contribution in [1.82, 2.24) is 16.0 Å². The van der Waals surface area contributed by atoms with Gasteiger partial charge in [0.2, 0.25) is 23.4 Å².